The van der Waals surface area contributed by atoms with Crippen LogP contribution in [0.25, 0.3) is 0 Å². The number of allylic oxidation sites excluding steroid dienone is 8. The summed E-state index contributed by atoms with van der Waals surface area (Å²) in [7, 11) is 0. The molecule has 0 aliphatic heterocycles. The first-order chi connectivity index (χ1) is 15.6. The Bertz CT molecular complexity index is 728. The number of rotatable bonds is 13. The van der Waals surface area contributed by atoms with Crippen molar-refractivity contribution in [2.75, 3.05) is 0 Å². The molecule has 0 bridgehead atoms. The average Bonchev–Trinajstić information content (AvgIpc) is 2.78. The first kappa shape index (κ1) is 28.2. The second kappa shape index (κ2) is 13.2. The Hall–Kier alpha value is -1.04. The van der Waals surface area contributed by atoms with Gasteiger partial charge in [-0.25, -0.2) is 0 Å². The van der Waals surface area contributed by atoms with E-state index in [1.807, 2.05) is 0 Å². The second-order valence-electron chi connectivity index (χ2n) is 12.6. The predicted octanol–water partition coefficient (Wildman–Crippen LogP) is 11.3. The molecule has 0 heterocycles. The van der Waals surface area contributed by atoms with Crippen LogP contribution in [-0.2, 0) is 0 Å². The van der Waals surface area contributed by atoms with Crippen LogP contribution in [0.5, 0.6) is 0 Å². The first-order valence-electron chi connectivity index (χ1n) is 14.4. The van der Waals surface area contributed by atoms with E-state index in [9.17, 15) is 0 Å². The SMILES string of the molecule is CCCCC1=C(C(C)(C)C)CCC(CCCCC2=CC=C(C(C)(C)CC)C(CCCC)C2)=C1. The third-order valence-electron chi connectivity index (χ3n) is 8.43. The topological polar surface area (TPSA) is 0 Å². The zero-order valence-electron chi connectivity index (χ0n) is 23.7. The molecule has 0 heteroatoms. The highest BCUT2D eigenvalue weighted by Gasteiger charge is 2.29. The van der Waals surface area contributed by atoms with E-state index in [1.54, 1.807) is 27.9 Å². The largest absolute Gasteiger partial charge is 0.0696 e. The summed E-state index contributed by atoms with van der Waals surface area (Å²) in [6.45, 7) is 19.1. The van der Waals surface area contributed by atoms with Crippen LogP contribution >= 0.6 is 0 Å². The Morgan fingerprint density at radius 3 is 2.03 bits per heavy atom. The van der Waals surface area contributed by atoms with Gasteiger partial charge in [-0.2, -0.15) is 0 Å². The molecule has 0 N–H and O–H groups in total. The summed E-state index contributed by atoms with van der Waals surface area (Å²) in [5.41, 5.74) is 9.23. The number of hydrogen-bond acceptors (Lipinski definition) is 0. The molecule has 2 aliphatic carbocycles. The minimum Gasteiger partial charge on any atom is -0.0696 e. The van der Waals surface area contributed by atoms with Crippen LogP contribution in [0.3, 0.4) is 0 Å². The van der Waals surface area contributed by atoms with Crippen LogP contribution in [0.4, 0.5) is 0 Å². The lowest BCUT2D eigenvalue weighted by Crippen LogP contribution is -2.23. The molecule has 1 unspecified atom stereocenters. The summed E-state index contributed by atoms with van der Waals surface area (Å²) in [4.78, 5) is 0. The fourth-order valence-corrected chi connectivity index (χ4v) is 5.91. The van der Waals surface area contributed by atoms with Gasteiger partial charge in [-0.1, -0.05) is 115 Å². The lowest BCUT2D eigenvalue weighted by molar-refractivity contribution is 0.350. The second-order valence-corrected chi connectivity index (χ2v) is 12.6. The predicted molar refractivity (Wildman–Crippen MR) is 150 cm³/mol. The highest BCUT2D eigenvalue weighted by molar-refractivity contribution is 5.36. The summed E-state index contributed by atoms with van der Waals surface area (Å²) in [6, 6.07) is 0. The van der Waals surface area contributed by atoms with Crippen molar-refractivity contribution >= 4 is 0 Å². The van der Waals surface area contributed by atoms with Gasteiger partial charge < -0.3 is 0 Å². The highest BCUT2D eigenvalue weighted by atomic mass is 14.3. The number of hydrogen-bond donors (Lipinski definition) is 0. The summed E-state index contributed by atoms with van der Waals surface area (Å²) in [6.07, 6.45) is 26.1. The summed E-state index contributed by atoms with van der Waals surface area (Å²) in [5.74, 6) is 0.781. The molecule has 0 aromatic carbocycles. The molecule has 0 saturated carbocycles. The molecule has 0 fully saturated rings. The molecular formula is C33H56. The third kappa shape index (κ3) is 8.60. The van der Waals surface area contributed by atoms with Crippen molar-refractivity contribution in [1.82, 2.24) is 0 Å². The molecule has 1 atom stereocenters. The standard InChI is InChI=1S/C33H56/c1-9-12-18-28-24-26(20-22-30(28)32(4,5)6)16-14-15-17-27-21-23-31(33(7,8)11-3)29(25-27)19-13-10-2/h21,23-24,29H,9-20,22,25H2,1-8H3. The highest BCUT2D eigenvalue weighted by Crippen LogP contribution is 2.43. The summed E-state index contributed by atoms with van der Waals surface area (Å²) in [5, 5.41) is 0. The zero-order chi connectivity index (χ0) is 24.5. The molecule has 0 spiro atoms. The molecule has 0 nitrogen and oxygen atoms in total. The normalized spacial score (nSPS) is 20.0. The minimum absolute atomic E-state index is 0.325. The van der Waals surface area contributed by atoms with Gasteiger partial charge in [-0.3, -0.25) is 0 Å². The Labute approximate surface area is 208 Å². The van der Waals surface area contributed by atoms with Crippen molar-refractivity contribution in [1.29, 1.82) is 0 Å². The molecular weight excluding hydrogens is 396 g/mol. The maximum Gasteiger partial charge on any atom is -0.0141 e. The van der Waals surface area contributed by atoms with Crippen LogP contribution < -0.4 is 0 Å². The maximum absolute atomic E-state index is 2.61. The van der Waals surface area contributed by atoms with Gasteiger partial charge in [0.15, 0.2) is 0 Å². The molecule has 33 heavy (non-hydrogen) atoms. The monoisotopic (exact) mass is 452 g/mol. The van der Waals surface area contributed by atoms with E-state index < -0.39 is 0 Å². The maximum atomic E-state index is 2.61. The van der Waals surface area contributed by atoms with Crippen LogP contribution in [0.15, 0.2) is 46.1 Å². The number of unbranched alkanes of at least 4 members (excludes halogenated alkanes) is 3. The van der Waals surface area contributed by atoms with Crippen molar-refractivity contribution < 1.29 is 0 Å². The summed E-state index contributed by atoms with van der Waals surface area (Å²) < 4.78 is 0. The van der Waals surface area contributed by atoms with E-state index in [2.05, 4.69) is 73.6 Å². The van der Waals surface area contributed by atoms with E-state index in [0.29, 0.717) is 10.8 Å². The molecule has 0 aromatic rings. The minimum atomic E-state index is 0.325. The first-order valence-corrected chi connectivity index (χ1v) is 14.4. The average molecular weight is 453 g/mol. The Kier molecular flexibility index (Phi) is 11.2. The van der Waals surface area contributed by atoms with Gasteiger partial charge in [0.25, 0.3) is 0 Å². The smallest absolute Gasteiger partial charge is 0.0141 e. The zero-order valence-corrected chi connectivity index (χ0v) is 23.7. The van der Waals surface area contributed by atoms with Crippen LogP contribution in [0.2, 0.25) is 0 Å². The van der Waals surface area contributed by atoms with Gasteiger partial charge in [0, 0.05) is 0 Å². The van der Waals surface area contributed by atoms with Gasteiger partial charge in [0.05, 0.1) is 0 Å². The Balaban J connectivity index is 1.94. The lowest BCUT2D eigenvalue weighted by Gasteiger charge is -2.36. The van der Waals surface area contributed by atoms with Crippen LogP contribution in [0.1, 0.15) is 145 Å². The lowest BCUT2D eigenvalue weighted by atomic mass is 9.69. The molecule has 2 aliphatic rings. The van der Waals surface area contributed by atoms with E-state index >= 15 is 0 Å². The van der Waals surface area contributed by atoms with Gasteiger partial charge in [-0.05, 0) is 93.0 Å². The summed E-state index contributed by atoms with van der Waals surface area (Å²) >= 11 is 0. The molecule has 0 radical (unpaired) electrons. The van der Waals surface area contributed by atoms with Crippen LogP contribution in [-0.4, -0.2) is 0 Å². The van der Waals surface area contributed by atoms with Gasteiger partial charge >= 0.3 is 0 Å². The van der Waals surface area contributed by atoms with Crippen molar-refractivity contribution in [2.24, 2.45) is 16.7 Å². The van der Waals surface area contributed by atoms with E-state index in [4.69, 9.17) is 0 Å². The Morgan fingerprint density at radius 2 is 1.42 bits per heavy atom. The van der Waals surface area contributed by atoms with E-state index in [-0.39, 0.29) is 0 Å². The third-order valence-corrected chi connectivity index (χ3v) is 8.43. The molecule has 0 amide bonds. The van der Waals surface area contributed by atoms with Crippen molar-refractivity contribution in [2.45, 2.75) is 145 Å². The molecule has 0 aromatic heterocycles. The van der Waals surface area contributed by atoms with Gasteiger partial charge in [0.2, 0.25) is 0 Å². The fourth-order valence-electron chi connectivity index (χ4n) is 5.91. The fraction of sp³-hybridized carbons (Fsp3) is 0.758. The molecule has 0 saturated heterocycles. The molecule has 2 rings (SSSR count). The van der Waals surface area contributed by atoms with E-state index in [1.165, 1.54) is 89.9 Å². The van der Waals surface area contributed by atoms with Crippen molar-refractivity contribution in [3.63, 3.8) is 0 Å². The van der Waals surface area contributed by atoms with Crippen molar-refractivity contribution in [3.05, 3.63) is 46.1 Å². The van der Waals surface area contributed by atoms with Gasteiger partial charge in [0.1, 0.15) is 0 Å². The van der Waals surface area contributed by atoms with Gasteiger partial charge in [-0.15, -0.1) is 0 Å². The van der Waals surface area contributed by atoms with E-state index in [0.717, 1.165) is 5.92 Å². The quantitative estimate of drug-likeness (QED) is 0.244. The van der Waals surface area contributed by atoms with Crippen molar-refractivity contribution in [3.8, 4) is 0 Å². The molecule has 188 valence electrons. The van der Waals surface area contributed by atoms with Crippen LogP contribution in [0, 0.1) is 16.7 Å². The Morgan fingerprint density at radius 1 is 0.758 bits per heavy atom.